The zero-order valence-corrected chi connectivity index (χ0v) is 16.2. The number of amides is 4. The fourth-order valence-electron chi connectivity index (χ4n) is 3.66. The van der Waals surface area contributed by atoms with E-state index in [1.165, 1.54) is 18.4 Å². The molecule has 0 aromatic carbocycles. The van der Waals surface area contributed by atoms with E-state index in [-0.39, 0.29) is 18.4 Å². The molecule has 1 atom stereocenters. The summed E-state index contributed by atoms with van der Waals surface area (Å²) in [5, 5.41) is 5.60. The van der Waals surface area contributed by atoms with E-state index in [1.54, 1.807) is 6.92 Å². The van der Waals surface area contributed by atoms with Gasteiger partial charge in [-0.05, 0) is 45.4 Å². The molecule has 2 aliphatic rings. The van der Waals surface area contributed by atoms with Crippen LogP contribution in [0.4, 0.5) is 4.79 Å². The number of imide groups is 1. The number of allylic oxidation sites excluding steroid dienone is 1. The summed E-state index contributed by atoms with van der Waals surface area (Å²) in [4.78, 5) is 38.0. The van der Waals surface area contributed by atoms with Crippen molar-refractivity contribution < 1.29 is 14.4 Å². The summed E-state index contributed by atoms with van der Waals surface area (Å²) in [7, 11) is 0. The molecular formula is C20H33N3O3. The molecule has 6 heteroatoms. The molecule has 1 heterocycles. The second-order valence-corrected chi connectivity index (χ2v) is 7.67. The molecule has 26 heavy (non-hydrogen) atoms. The van der Waals surface area contributed by atoms with Crippen molar-refractivity contribution in [3.05, 3.63) is 11.6 Å². The van der Waals surface area contributed by atoms with E-state index in [1.807, 2.05) is 0 Å². The Hall–Kier alpha value is -1.85. The SMILES string of the molecule is CCCCCC[C@]1(C)NC(=O)N(CC(=O)NCCC2=CCCCC2)C1=O. The fraction of sp³-hybridized carbons (Fsp3) is 0.750. The van der Waals surface area contributed by atoms with Crippen LogP contribution in [0, 0.1) is 0 Å². The molecule has 1 aliphatic carbocycles. The maximum atomic E-state index is 12.6. The monoisotopic (exact) mass is 363 g/mol. The summed E-state index contributed by atoms with van der Waals surface area (Å²) in [6.45, 7) is 4.25. The van der Waals surface area contributed by atoms with Crippen molar-refractivity contribution in [3.8, 4) is 0 Å². The number of carbonyl (C=O) groups is 3. The van der Waals surface area contributed by atoms with Crippen LogP contribution in [0.5, 0.6) is 0 Å². The summed E-state index contributed by atoms with van der Waals surface area (Å²) in [5.74, 6) is -0.565. The van der Waals surface area contributed by atoms with Crippen molar-refractivity contribution in [2.24, 2.45) is 0 Å². The molecule has 1 saturated heterocycles. The third-order valence-corrected chi connectivity index (χ3v) is 5.33. The maximum Gasteiger partial charge on any atom is 0.325 e. The van der Waals surface area contributed by atoms with E-state index in [9.17, 15) is 14.4 Å². The van der Waals surface area contributed by atoms with Crippen LogP contribution < -0.4 is 10.6 Å². The molecular weight excluding hydrogens is 330 g/mol. The molecule has 0 unspecified atom stereocenters. The number of hydrogen-bond acceptors (Lipinski definition) is 3. The van der Waals surface area contributed by atoms with Crippen LogP contribution in [0.1, 0.15) is 78.1 Å². The zero-order valence-electron chi connectivity index (χ0n) is 16.2. The first-order chi connectivity index (χ1) is 12.5. The van der Waals surface area contributed by atoms with Gasteiger partial charge in [-0.3, -0.25) is 14.5 Å². The third-order valence-electron chi connectivity index (χ3n) is 5.33. The Balaban J connectivity index is 1.76. The van der Waals surface area contributed by atoms with Gasteiger partial charge in [-0.15, -0.1) is 0 Å². The standard InChI is InChI=1S/C20H33N3O3/c1-3-4-5-9-13-20(2)18(25)23(19(26)22-20)15-17(24)21-14-12-16-10-7-6-8-11-16/h10H,3-9,11-15H2,1-2H3,(H,21,24)(H,22,26)/t20-/m0/s1. The van der Waals surface area contributed by atoms with Gasteiger partial charge in [-0.1, -0.05) is 44.3 Å². The second kappa shape index (κ2) is 9.74. The zero-order chi connectivity index (χ0) is 19.0. The lowest BCUT2D eigenvalue weighted by Gasteiger charge is -2.21. The van der Waals surface area contributed by atoms with Crippen molar-refractivity contribution in [2.75, 3.05) is 13.1 Å². The predicted molar refractivity (Wildman–Crippen MR) is 102 cm³/mol. The minimum Gasteiger partial charge on any atom is -0.354 e. The second-order valence-electron chi connectivity index (χ2n) is 7.67. The molecule has 0 spiro atoms. The van der Waals surface area contributed by atoms with E-state index in [0.717, 1.165) is 49.8 Å². The highest BCUT2D eigenvalue weighted by Gasteiger charge is 2.47. The first-order valence-corrected chi connectivity index (χ1v) is 10.0. The number of nitrogens with zero attached hydrogens (tertiary/aromatic N) is 1. The van der Waals surface area contributed by atoms with Gasteiger partial charge in [0.15, 0.2) is 0 Å². The van der Waals surface area contributed by atoms with E-state index < -0.39 is 11.6 Å². The fourth-order valence-corrected chi connectivity index (χ4v) is 3.66. The van der Waals surface area contributed by atoms with Crippen LogP contribution in [0.3, 0.4) is 0 Å². The highest BCUT2D eigenvalue weighted by molar-refractivity contribution is 6.08. The minimum absolute atomic E-state index is 0.200. The Morgan fingerprint density at radius 2 is 2.08 bits per heavy atom. The molecule has 1 fully saturated rings. The molecule has 0 saturated carbocycles. The highest BCUT2D eigenvalue weighted by Crippen LogP contribution is 2.24. The Morgan fingerprint density at radius 3 is 2.77 bits per heavy atom. The molecule has 146 valence electrons. The van der Waals surface area contributed by atoms with Gasteiger partial charge in [0, 0.05) is 6.54 Å². The van der Waals surface area contributed by atoms with Gasteiger partial charge in [0.25, 0.3) is 5.91 Å². The first kappa shape index (κ1) is 20.5. The average molecular weight is 364 g/mol. The summed E-state index contributed by atoms with van der Waals surface area (Å²) < 4.78 is 0. The van der Waals surface area contributed by atoms with E-state index >= 15 is 0 Å². The highest BCUT2D eigenvalue weighted by atomic mass is 16.2. The van der Waals surface area contributed by atoms with E-state index in [0.29, 0.717) is 13.0 Å². The van der Waals surface area contributed by atoms with Gasteiger partial charge in [0.2, 0.25) is 5.91 Å². The number of rotatable bonds is 10. The number of carbonyl (C=O) groups excluding carboxylic acids is 3. The predicted octanol–water partition coefficient (Wildman–Crippen LogP) is 3.27. The molecule has 4 amide bonds. The Morgan fingerprint density at radius 1 is 1.27 bits per heavy atom. The van der Waals surface area contributed by atoms with Gasteiger partial charge in [0.05, 0.1) is 0 Å². The summed E-state index contributed by atoms with van der Waals surface area (Å²) >= 11 is 0. The van der Waals surface area contributed by atoms with Crippen molar-refractivity contribution in [1.29, 1.82) is 0 Å². The maximum absolute atomic E-state index is 12.6. The van der Waals surface area contributed by atoms with E-state index in [2.05, 4.69) is 23.6 Å². The lowest BCUT2D eigenvalue weighted by Crippen LogP contribution is -2.45. The number of nitrogens with one attached hydrogen (secondary N) is 2. The Kier molecular flexibility index (Phi) is 7.66. The molecule has 2 rings (SSSR count). The third kappa shape index (κ3) is 5.58. The first-order valence-electron chi connectivity index (χ1n) is 10.0. The quantitative estimate of drug-likeness (QED) is 0.355. The normalized spacial score (nSPS) is 23.0. The van der Waals surface area contributed by atoms with Crippen LogP contribution in [0.15, 0.2) is 11.6 Å². The number of urea groups is 1. The van der Waals surface area contributed by atoms with Crippen molar-refractivity contribution in [1.82, 2.24) is 15.5 Å². The largest absolute Gasteiger partial charge is 0.354 e. The molecule has 0 radical (unpaired) electrons. The Labute approximate surface area is 156 Å². The molecule has 0 aromatic heterocycles. The molecule has 6 nitrogen and oxygen atoms in total. The van der Waals surface area contributed by atoms with Crippen molar-refractivity contribution in [2.45, 2.75) is 83.6 Å². The van der Waals surface area contributed by atoms with Gasteiger partial charge in [0.1, 0.15) is 12.1 Å². The Bertz CT molecular complexity index is 559. The molecule has 1 aliphatic heterocycles. The average Bonchev–Trinajstić information content (AvgIpc) is 2.83. The van der Waals surface area contributed by atoms with Crippen LogP contribution >= 0.6 is 0 Å². The number of unbranched alkanes of at least 4 members (excludes halogenated alkanes) is 3. The van der Waals surface area contributed by atoms with Crippen molar-refractivity contribution >= 4 is 17.8 Å². The molecule has 2 N–H and O–H groups in total. The van der Waals surface area contributed by atoms with E-state index in [4.69, 9.17) is 0 Å². The van der Waals surface area contributed by atoms with Crippen LogP contribution in [0.2, 0.25) is 0 Å². The summed E-state index contributed by atoms with van der Waals surface area (Å²) in [6.07, 6.45) is 12.6. The smallest absolute Gasteiger partial charge is 0.325 e. The molecule has 0 bridgehead atoms. The van der Waals surface area contributed by atoms with Gasteiger partial charge in [-0.2, -0.15) is 0 Å². The van der Waals surface area contributed by atoms with Crippen LogP contribution in [0.25, 0.3) is 0 Å². The molecule has 0 aromatic rings. The number of hydrogen-bond donors (Lipinski definition) is 2. The van der Waals surface area contributed by atoms with Gasteiger partial charge < -0.3 is 10.6 Å². The summed E-state index contributed by atoms with van der Waals surface area (Å²) in [6, 6.07) is -0.460. The topological polar surface area (TPSA) is 78.5 Å². The van der Waals surface area contributed by atoms with Crippen molar-refractivity contribution in [3.63, 3.8) is 0 Å². The van der Waals surface area contributed by atoms with Crippen LogP contribution in [-0.4, -0.2) is 41.4 Å². The van der Waals surface area contributed by atoms with Gasteiger partial charge >= 0.3 is 6.03 Å². The minimum atomic E-state index is -0.877. The summed E-state index contributed by atoms with van der Waals surface area (Å²) in [5.41, 5.74) is 0.518. The van der Waals surface area contributed by atoms with Crippen LogP contribution in [-0.2, 0) is 9.59 Å². The van der Waals surface area contributed by atoms with Gasteiger partial charge in [-0.25, -0.2) is 4.79 Å². The lowest BCUT2D eigenvalue weighted by molar-refractivity contribution is -0.134. The lowest BCUT2D eigenvalue weighted by atomic mass is 9.94.